The molecule has 9 nitrogen and oxygen atoms in total. The van der Waals surface area contributed by atoms with Gasteiger partial charge in [-0.2, -0.15) is 10.2 Å². The van der Waals surface area contributed by atoms with Crippen LogP contribution in [-0.4, -0.2) is 32.4 Å². The first-order valence-electron chi connectivity index (χ1n) is 8.02. The van der Waals surface area contributed by atoms with Crippen molar-refractivity contribution in [3.63, 3.8) is 0 Å². The van der Waals surface area contributed by atoms with Crippen LogP contribution >= 0.6 is 0 Å². The van der Waals surface area contributed by atoms with E-state index in [9.17, 15) is 10.1 Å². The second-order valence-corrected chi connectivity index (χ2v) is 5.68. The van der Waals surface area contributed by atoms with Gasteiger partial charge >= 0.3 is 0 Å². The van der Waals surface area contributed by atoms with Gasteiger partial charge in [-0.15, -0.1) is 5.10 Å². The monoisotopic (exact) mass is 362 g/mol. The fraction of sp³-hybridized carbons (Fsp3) is 0.0556. The first kappa shape index (κ1) is 16.5. The molecule has 9 heteroatoms. The van der Waals surface area contributed by atoms with Crippen LogP contribution in [0.3, 0.4) is 0 Å². The van der Waals surface area contributed by atoms with E-state index in [1.54, 1.807) is 25.3 Å². The third kappa shape index (κ3) is 3.01. The van der Waals surface area contributed by atoms with E-state index in [0.29, 0.717) is 33.9 Å². The Bertz CT molecular complexity index is 1140. The molecule has 134 valence electrons. The molecule has 2 N–H and O–H groups in total. The zero-order valence-corrected chi connectivity index (χ0v) is 14.2. The van der Waals surface area contributed by atoms with Crippen LogP contribution in [-0.2, 0) is 0 Å². The fourth-order valence-corrected chi connectivity index (χ4v) is 2.84. The van der Waals surface area contributed by atoms with Crippen molar-refractivity contribution in [2.45, 2.75) is 0 Å². The number of methoxy groups -OCH3 is 1. The number of rotatable bonds is 5. The first-order chi connectivity index (χ1) is 13.2. The number of ether oxygens (including phenoxy) is 1. The number of hydrogen-bond donors (Lipinski definition) is 2. The number of nitro groups is 1. The highest BCUT2D eigenvalue weighted by Crippen LogP contribution is 2.39. The molecule has 4 rings (SSSR count). The normalized spacial score (nSPS) is 10.7. The molecular weight excluding hydrogens is 348 g/mol. The summed E-state index contributed by atoms with van der Waals surface area (Å²) in [6, 6.07) is 13.9. The summed E-state index contributed by atoms with van der Waals surface area (Å²) in [6.07, 6.45) is 1.53. The Hall–Kier alpha value is -4.01. The predicted octanol–water partition coefficient (Wildman–Crippen LogP) is 3.68. The molecule has 0 aliphatic rings. The molecule has 0 amide bonds. The molecule has 0 atom stereocenters. The second-order valence-electron chi connectivity index (χ2n) is 5.68. The summed E-state index contributed by atoms with van der Waals surface area (Å²) in [7, 11) is 1.57. The zero-order valence-electron chi connectivity index (χ0n) is 14.2. The third-order valence-corrected chi connectivity index (χ3v) is 4.11. The molecule has 2 aromatic heterocycles. The number of aromatic amines is 1. The number of H-pyrrole nitrogens is 1. The second kappa shape index (κ2) is 6.71. The van der Waals surface area contributed by atoms with Gasteiger partial charge in [0.15, 0.2) is 11.5 Å². The van der Waals surface area contributed by atoms with E-state index in [1.807, 2.05) is 24.3 Å². The number of nitro benzene ring substituents is 1. The van der Waals surface area contributed by atoms with Crippen LogP contribution < -0.4 is 10.1 Å². The van der Waals surface area contributed by atoms with Crippen LogP contribution in [0.2, 0.25) is 0 Å². The van der Waals surface area contributed by atoms with Gasteiger partial charge in [0.05, 0.1) is 23.6 Å². The largest absolute Gasteiger partial charge is 0.497 e. The maximum atomic E-state index is 11.6. The minimum Gasteiger partial charge on any atom is -0.497 e. The van der Waals surface area contributed by atoms with Gasteiger partial charge in [0, 0.05) is 11.6 Å². The molecule has 0 saturated heterocycles. The highest BCUT2D eigenvalue weighted by Gasteiger charge is 2.21. The zero-order chi connectivity index (χ0) is 18.8. The van der Waals surface area contributed by atoms with Gasteiger partial charge in [0.2, 0.25) is 0 Å². The van der Waals surface area contributed by atoms with Crippen LogP contribution in [0.4, 0.5) is 17.2 Å². The van der Waals surface area contributed by atoms with E-state index >= 15 is 0 Å². The van der Waals surface area contributed by atoms with E-state index < -0.39 is 4.92 Å². The van der Waals surface area contributed by atoms with Crippen molar-refractivity contribution in [3.05, 3.63) is 64.8 Å². The molecular formula is C18H14N6O3. The summed E-state index contributed by atoms with van der Waals surface area (Å²) in [5.74, 6) is 1.09. The number of hydrogen-bond acceptors (Lipinski definition) is 7. The smallest absolute Gasteiger partial charge is 0.293 e. The molecule has 0 unspecified atom stereocenters. The van der Waals surface area contributed by atoms with Crippen LogP contribution in [0.15, 0.2) is 54.7 Å². The minimum absolute atomic E-state index is 0.0616. The number of benzene rings is 2. The van der Waals surface area contributed by atoms with Gasteiger partial charge in [0.1, 0.15) is 11.4 Å². The lowest BCUT2D eigenvalue weighted by molar-refractivity contribution is -0.383. The van der Waals surface area contributed by atoms with Crippen LogP contribution in [0.1, 0.15) is 0 Å². The molecule has 0 spiro atoms. The number of anilines is 2. The Balaban J connectivity index is 1.88. The molecule has 0 bridgehead atoms. The molecule has 2 heterocycles. The first-order valence-corrected chi connectivity index (χ1v) is 8.02. The summed E-state index contributed by atoms with van der Waals surface area (Å²) < 4.78 is 5.27. The van der Waals surface area contributed by atoms with Gasteiger partial charge in [-0.05, 0) is 23.8 Å². The topological polar surface area (TPSA) is 119 Å². The van der Waals surface area contributed by atoms with Crippen molar-refractivity contribution in [1.82, 2.24) is 20.4 Å². The maximum absolute atomic E-state index is 11.6. The molecule has 0 saturated carbocycles. The molecule has 27 heavy (non-hydrogen) atoms. The minimum atomic E-state index is -0.430. The van der Waals surface area contributed by atoms with Crippen molar-refractivity contribution in [1.29, 1.82) is 0 Å². The maximum Gasteiger partial charge on any atom is 0.293 e. The molecule has 0 fully saturated rings. The predicted molar refractivity (Wildman–Crippen MR) is 100 cm³/mol. The lowest BCUT2D eigenvalue weighted by Crippen LogP contribution is -2.00. The average molecular weight is 362 g/mol. The molecule has 2 aromatic carbocycles. The van der Waals surface area contributed by atoms with Crippen molar-refractivity contribution in [2.75, 3.05) is 12.4 Å². The highest BCUT2D eigenvalue weighted by molar-refractivity contribution is 5.94. The number of fused-ring (bicyclic) bond motifs is 1. The van der Waals surface area contributed by atoms with Gasteiger partial charge in [-0.25, -0.2) is 0 Å². The van der Waals surface area contributed by atoms with E-state index in [4.69, 9.17) is 4.74 Å². The van der Waals surface area contributed by atoms with Crippen LogP contribution in [0.5, 0.6) is 5.75 Å². The quantitative estimate of drug-likeness (QED) is 0.410. The summed E-state index contributed by atoms with van der Waals surface area (Å²) in [5, 5.41) is 30.1. The summed E-state index contributed by atoms with van der Waals surface area (Å²) in [4.78, 5) is 11.2. The number of aromatic nitrogens is 4. The number of nitrogens with zero attached hydrogens (tertiary/aromatic N) is 4. The van der Waals surface area contributed by atoms with Gasteiger partial charge in [-0.3, -0.25) is 15.2 Å². The fourth-order valence-electron chi connectivity index (χ4n) is 2.84. The Morgan fingerprint density at radius 3 is 2.85 bits per heavy atom. The molecule has 0 aliphatic heterocycles. The van der Waals surface area contributed by atoms with Crippen molar-refractivity contribution in [2.24, 2.45) is 0 Å². The Kier molecular flexibility index (Phi) is 4.09. The standard InChI is InChI=1S/C18H14N6O3/c1-27-12-5-2-4-11(10-12)13-6-3-7-15(24(25)26)16(13)20-17-14-8-9-19-21-18(14)23-22-17/h2-10H,1H3,(H2,20,21,22,23). The SMILES string of the molecule is COc1cccc(-c2cccc([N+](=O)[O-])c2Nc2n[nH]c3nnccc23)c1. The number of nitrogens with one attached hydrogen (secondary N) is 2. The van der Waals surface area contributed by atoms with E-state index in [-0.39, 0.29) is 5.69 Å². The summed E-state index contributed by atoms with van der Waals surface area (Å²) >= 11 is 0. The Morgan fingerprint density at radius 1 is 1.19 bits per heavy atom. The molecule has 0 radical (unpaired) electrons. The lowest BCUT2D eigenvalue weighted by Gasteiger charge is -2.12. The summed E-state index contributed by atoms with van der Waals surface area (Å²) in [6.45, 7) is 0. The highest BCUT2D eigenvalue weighted by atomic mass is 16.6. The van der Waals surface area contributed by atoms with Crippen LogP contribution in [0.25, 0.3) is 22.2 Å². The van der Waals surface area contributed by atoms with E-state index in [0.717, 1.165) is 5.56 Å². The number of para-hydroxylation sites is 1. The van der Waals surface area contributed by atoms with Crippen molar-refractivity contribution in [3.8, 4) is 16.9 Å². The van der Waals surface area contributed by atoms with Gasteiger partial charge in [-0.1, -0.05) is 24.3 Å². The molecule has 4 aromatic rings. The Labute approximate surface area is 153 Å². The Morgan fingerprint density at radius 2 is 2.04 bits per heavy atom. The average Bonchev–Trinajstić information content (AvgIpc) is 3.11. The molecule has 0 aliphatic carbocycles. The van der Waals surface area contributed by atoms with Gasteiger partial charge < -0.3 is 10.1 Å². The van der Waals surface area contributed by atoms with Crippen molar-refractivity contribution >= 4 is 28.2 Å². The van der Waals surface area contributed by atoms with Crippen LogP contribution in [0, 0.1) is 10.1 Å². The lowest BCUT2D eigenvalue weighted by atomic mass is 10.0. The third-order valence-electron chi connectivity index (χ3n) is 4.11. The van der Waals surface area contributed by atoms with Crippen molar-refractivity contribution < 1.29 is 9.66 Å². The van der Waals surface area contributed by atoms with E-state index in [2.05, 4.69) is 25.7 Å². The van der Waals surface area contributed by atoms with E-state index in [1.165, 1.54) is 12.3 Å². The summed E-state index contributed by atoms with van der Waals surface area (Å²) in [5.41, 5.74) is 2.19. The van der Waals surface area contributed by atoms with Gasteiger partial charge in [0.25, 0.3) is 5.69 Å².